The number of nitrogens with one attached hydrogen (secondary N) is 2. The van der Waals surface area contributed by atoms with Gasteiger partial charge in [-0.05, 0) is 61.1 Å². The van der Waals surface area contributed by atoms with E-state index in [2.05, 4.69) is 20.8 Å². The van der Waals surface area contributed by atoms with Crippen LogP contribution in [-0.4, -0.2) is 59.4 Å². The fourth-order valence-corrected chi connectivity index (χ4v) is 4.86. The van der Waals surface area contributed by atoms with Crippen LogP contribution in [0.1, 0.15) is 12.5 Å². The predicted molar refractivity (Wildman–Crippen MR) is 131 cm³/mol. The molecule has 0 saturated carbocycles. The van der Waals surface area contributed by atoms with Crippen molar-refractivity contribution < 1.29 is 13.2 Å². The van der Waals surface area contributed by atoms with Crippen LogP contribution in [0.4, 0.5) is 5.69 Å². The van der Waals surface area contributed by atoms with Crippen LogP contribution in [0.15, 0.2) is 77.2 Å². The number of morpholine rings is 1. The Morgan fingerprint density at radius 1 is 1.09 bits per heavy atom. The minimum atomic E-state index is -3.53. The van der Waals surface area contributed by atoms with E-state index in [4.69, 9.17) is 17.0 Å². The summed E-state index contributed by atoms with van der Waals surface area (Å²) >= 11 is 5.31. The molecule has 0 radical (unpaired) electrons. The number of ether oxygens (including phenoxy) is 1. The first-order valence-electron chi connectivity index (χ1n) is 10.3. The summed E-state index contributed by atoms with van der Waals surface area (Å²) in [6.07, 6.45) is 5.35. The zero-order valence-electron chi connectivity index (χ0n) is 18.0. The molecule has 33 heavy (non-hydrogen) atoms. The van der Waals surface area contributed by atoms with Gasteiger partial charge >= 0.3 is 0 Å². The standard InChI is InChI=1S/C22H24N6O3S2/c1-17(18-2-6-20(7-3-18)27-11-10-23-16-27)25-26-22(32)24-19-4-8-21(9-5-19)33(29,30)28-12-14-31-15-13-28/h2-11,16H,12-15H2,1H3,(H2,24,26,32)/b25-17-. The number of benzene rings is 2. The normalized spacial score (nSPS) is 15.2. The summed E-state index contributed by atoms with van der Waals surface area (Å²) in [4.78, 5) is 4.29. The monoisotopic (exact) mass is 484 g/mol. The van der Waals surface area contributed by atoms with E-state index in [1.165, 1.54) is 4.31 Å². The lowest BCUT2D eigenvalue weighted by atomic mass is 10.1. The lowest BCUT2D eigenvalue weighted by Crippen LogP contribution is -2.40. The number of anilines is 1. The molecule has 0 spiro atoms. The van der Waals surface area contributed by atoms with E-state index in [-0.39, 0.29) is 4.90 Å². The van der Waals surface area contributed by atoms with Gasteiger partial charge in [0.2, 0.25) is 10.0 Å². The van der Waals surface area contributed by atoms with Crippen molar-refractivity contribution in [1.29, 1.82) is 0 Å². The molecular weight excluding hydrogens is 460 g/mol. The molecule has 2 heterocycles. The maximum Gasteiger partial charge on any atom is 0.243 e. The van der Waals surface area contributed by atoms with Crippen LogP contribution in [0.5, 0.6) is 0 Å². The van der Waals surface area contributed by atoms with E-state index >= 15 is 0 Å². The summed E-state index contributed by atoms with van der Waals surface area (Å²) in [6, 6.07) is 14.4. The maximum absolute atomic E-state index is 12.7. The van der Waals surface area contributed by atoms with Crippen molar-refractivity contribution in [3.8, 4) is 5.69 Å². The fourth-order valence-electron chi connectivity index (χ4n) is 3.29. The molecule has 1 aliphatic rings. The highest BCUT2D eigenvalue weighted by molar-refractivity contribution is 7.89. The van der Waals surface area contributed by atoms with Crippen molar-refractivity contribution in [2.75, 3.05) is 31.6 Å². The van der Waals surface area contributed by atoms with Gasteiger partial charge in [0.25, 0.3) is 0 Å². The van der Waals surface area contributed by atoms with Gasteiger partial charge in [0.1, 0.15) is 0 Å². The average molecular weight is 485 g/mol. The van der Waals surface area contributed by atoms with Gasteiger partial charge in [-0.3, -0.25) is 5.43 Å². The third-order valence-corrected chi connectivity index (χ3v) is 7.24. The first-order chi connectivity index (χ1) is 15.9. The van der Waals surface area contributed by atoms with Crippen LogP contribution in [0.25, 0.3) is 5.69 Å². The Hall–Kier alpha value is -3.12. The first kappa shape index (κ1) is 23.1. The topological polar surface area (TPSA) is 101 Å². The zero-order valence-corrected chi connectivity index (χ0v) is 19.6. The van der Waals surface area contributed by atoms with E-state index in [1.807, 2.05) is 42.0 Å². The largest absolute Gasteiger partial charge is 0.379 e. The minimum absolute atomic E-state index is 0.238. The fraction of sp³-hybridized carbons (Fsp3) is 0.227. The summed E-state index contributed by atoms with van der Waals surface area (Å²) in [5.41, 5.74) is 6.20. The highest BCUT2D eigenvalue weighted by Gasteiger charge is 2.26. The predicted octanol–water partition coefficient (Wildman–Crippen LogP) is 2.60. The van der Waals surface area contributed by atoms with Gasteiger partial charge in [0, 0.05) is 36.9 Å². The Balaban J connectivity index is 1.34. The van der Waals surface area contributed by atoms with Crippen molar-refractivity contribution in [3.63, 3.8) is 0 Å². The SMILES string of the molecule is C/C(=N/NC(=S)Nc1ccc(S(=O)(=O)N2CCOCC2)cc1)c1ccc(-n2ccnc2)cc1. The highest BCUT2D eigenvalue weighted by atomic mass is 32.2. The number of hydrazone groups is 1. The van der Waals surface area contributed by atoms with E-state index in [0.717, 1.165) is 17.0 Å². The van der Waals surface area contributed by atoms with Crippen LogP contribution in [-0.2, 0) is 14.8 Å². The molecule has 172 valence electrons. The number of hydrogen-bond donors (Lipinski definition) is 2. The molecule has 9 nitrogen and oxygen atoms in total. The summed E-state index contributed by atoms with van der Waals surface area (Å²) < 4.78 is 34.0. The molecule has 0 aliphatic carbocycles. The second-order valence-electron chi connectivity index (χ2n) is 7.32. The quantitative estimate of drug-likeness (QED) is 0.315. The number of rotatable bonds is 6. The Kier molecular flexibility index (Phi) is 7.14. The molecule has 0 unspecified atom stereocenters. The molecule has 0 amide bonds. The van der Waals surface area contributed by atoms with Crippen molar-refractivity contribution in [2.24, 2.45) is 5.10 Å². The molecule has 11 heteroatoms. The average Bonchev–Trinajstić information content (AvgIpc) is 3.39. The smallest absolute Gasteiger partial charge is 0.243 e. The summed E-state index contributed by atoms with van der Waals surface area (Å²) in [5.74, 6) is 0. The van der Waals surface area contributed by atoms with Crippen LogP contribution >= 0.6 is 12.2 Å². The van der Waals surface area contributed by atoms with Gasteiger partial charge in [-0.2, -0.15) is 9.41 Å². The summed E-state index contributed by atoms with van der Waals surface area (Å²) in [5, 5.41) is 7.64. The van der Waals surface area contributed by atoms with Crippen LogP contribution in [0, 0.1) is 0 Å². The van der Waals surface area contributed by atoms with E-state index in [1.54, 1.807) is 36.8 Å². The lowest BCUT2D eigenvalue weighted by Gasteiger charge is -2.26. The molecular formula is C22H24N6O3S2. The third kappa shape index (κ3) is 5.63. The maximum atomic E-state index is 12.7. The van der Waals surface area contributed by atoms with Crippen LogP contribution in [0.3, 0.4) is 0 Å². The van der Waals surface area contributed by atoms with Gasteiger partial charge in [0.05, 0.1) is 30.1 Å². The summed E-state index contributed by atoms with van der Waals surface area (Å²) in [6.45, 7) is 3.42. The molecule has 1 aliphatic heterocycles. The molecule has 4 rings (SSSR count). The molecule has 0 bridgehead atoms. The van der Waals surface area contributed by atoms with Crippen molar-refractivity contribution in [1.82, 2.24) is 19.3 Å². The van der Waals surface area contributed by atoms with Crippen LogP contribution in [0.2, 0.25) is 0 Å². The Bertz CT molecular complexity index is 1220. The second kappa shape index (κ2) is 10.2. The third-order valence-electron chi connectivity index (χ3n) is 5.13. The van der Waals surface area contributed by atoms with Crippen molar-refractivity contribution in [2.45, 2.75) is 11.8 Å². The number of imidazole rings is 1. The van der Waals surface area contributed by atoms with E-state index in [0.29, 0.717) is 37.1 Å². The van der Waals surface area contributed by atoms with E-state index in [9.17, 15) is 8.42 Å². The number of hydrogen-bond acceptors (Lipinski definition) is 6. The molecule has 2 N–H and O–H groups in total. The highest BCUT2D eigenvalue weighted by Crippen LogP contribution is 2.19. The zero-order chi connectivity index (χ0) is 23.3. The minimum Gasteiger partial charge on any atom is -0.379 e. The number of thiocarbonyl (C=S) groups is 1. The Morgan fingerprint density at radius 2 is 1.79 bits per heavy atom. The Morgan fingerprint density at radius 3 is 2.42 bits per heavy atom. The molecule has 1 saturated heterocycles. The van der Waals surface area contributed by atoms with Crippen molar-refractivity contribution >= 4 is 38.8 Å². The van der Waals surface area contributed by atoms with E-state index < -0.39 is 10.0 Å². The number of aromatic nitrogens is 2. The number of sulfonamides is 1. The molecule has 2 aromatic carbocycles. The van der Waals surface area contributed by atoms with Gasteiger partial charge < -0.3 is 14.6 Å². The van der Waals surface area contributed by atoms with Crippen molar-refractivity contribution in [3.05, 3.63) is 72.8 Å². The second-order valence-corrected chi connectivity index (χ2v) is 9.67. The van der Waals surface area contributed by atoms with Gasteiger partial charge in [-0.1, -0.05) is 12.1 Å². The molecule has 0 atom stereocenters. The van der Waals surface area contributed by atoms with Gasteiger partial charge in [-0.25, -0.2) is 13.4 Å². The van der Waals surface area contributed by atoms with Gasteiger partial charge in [0.15, 0.2) is 5.11 Å². The molecule has 1 aromatic heterocycles. The number of nitrogens with zero attached hydrogens (tertiary/aromatic N) is 4. The molecule has 3 aromatic rings. The Labute approximate surface area is 198 Å². The summed E-state index contributed by atoms with van der Waals surface area (Å²) in [7, 11) is -3.53. The van der Waals surface area contributed by atoms with Crippen LogP contribution < -0.4 is 10.7 Å². The molecule has 1 fully saturated rings. The first-order valence-corrected chi connectivity index (χ1v) is 12.2. The lowest BCUT2D eigenvalue weighted by molar-refractivity contribution is 0.0730. The van der Waals surface area contributed by atoms with Gasteiger partial charge in [-0.15, -0.1) is 0 Å².